The Balaban J connectivity index is 1.63. The molecule has 5 heteroatoms. The summed E-state index contributed by atoms with van der Waals surface area (Å²) >= 11 is 0. The summed E-state index contributed by atoms with van der Waals surface area (Å²) in [6, 6.07) is 10.6. The van der Waals surface area contributed by atoms with Gasteiger partial charge in [0.25, 0.3) is 0 Å². The lowest BCUT2D eigenvalue weighted by atomic mass is 10.00. The quantitative estimate of drug-likeness (QED) is 0.396. The van der Waals surface area contributed by atoms with Gasteiger partial charge in [0.2, 0.25) is 0 Å². The maximum atomic E-state index is 5.60. The number of nitrogens with one attached hydrogen (secondary N) is 1. The highest BCUT2D eigenvalue weighted by Gasteiger charge is 2.15. The van der Waals surface area contributed by atoms with Crippen molar-refractivity contribution in [3.8, 4) is 0 Å². The molecule has 1 N–H and O–H groups in total. The van der Waals surface area contributed by atoms with Gasteiger partial charge < -0.3 is 19.7 Å². The number of hydrogen-bond donors (Lipinski definition) is 1. The van der Waals surface area contributed by atoms with Crippen LogP contribution in [0.3, 0.4) is 0 Å². The molecule has 0 fully saturated rings. The summed E-state index contributed by atoms with van der Waals surface area (Å²) in [5, 5.41) is 3.39. The van der Waals surface area contributed by atoms with Crippen LogP contribution in [0.25, 0.3) is 5.57 Å². The minimum Gasteiger partial charge on any atom is -0.379 e. The Bertz CT molecular complexity index is 558. The van der Waals surface area contributed by atoms with E-state index in [1.54, 1.807) is 0 Å². The Morgan fingerprint density at radius 1 is 1.12 bits per heavy atom. The van der Waals surface area contributed by atoms with Crippen molar-refractivity contribution in [3.05, 3.63) is 42.0 Å². The van der Waals surface area contributed by atoms with Crippen LogP contribution in [-0.4, -0.2) is 64.0 Å². The second-order valence-corrected chi connectivity index (χ2v) is 6.34. The lowest BCUT2D eigenvalue weighted by molar-refractivity contribution is 0.0486. The van der Waals surface area contributed by atoms with Crippen molar-refractivity contribution in [2.75, 3.05) is 53.1 Å². The van der Waals surface area contributed by atoms with Gasteiger partial charge in [-0.05, 0) is 24.0 Å². The molecule has 0 atom stereocenters. The van der Waals surface area contributed by atoms with Crippen molar-refractivity contribution in [2.45, 2.75) is 26.2 Å². The lowest BCUT2D eigenvalue weighted by Gasteiger charge is -2.29. The number of nitrogens with zero attached hydrogens (tertiary/aromatic N) is 2. The molecular formula is C21H33N3O2. The second-order valence-electron chi connectivity index (χ2n) is 6.34. The van der Waals surface area contributed by atoms with Gasteiger partial charge in [-0.15, -0.1) is 0 Å². The first-order valence-corrected chi connectivity index (χ1v) is 9.70. The van der Waals surface area contributed by atoms with Gasteiger partial charge >= 0.3 is 0 Å². The van der Waals surface area contributed by atoms with Crippen LogP contribution in [0.1, 0.15) is 31.7 Å². The van der Waals surface area contributed by atoms with Crippen molar-refractivity contribution in [1.82, 2.24) is 10.2 Å². The molecule has 0 aliphatic carbocycles. The number of benzene rings is 1. The summed E-state index contributed by atoms with van der Waals surface area (Å²) in [6.07, 6.45) is 5.63. The highest BCUT2D eigenvalue weighted by atomic mass is 16.5. The van der Waals surface area contributed by atoms with E-state index in [1.807, 2.05) is 7.05 Å². The number of aliphatic imine (C=N–C) groups is 1. The average Bonchev–Trinajstić information content (AvgIpc) is 2.70. The standard InChI is InChI=1S/C21H33N3O2/c1-3-4-15-25-17-18-26-16-12-23-21(22-2)24-13-10-20(11-14-24)19-8-6-5-7-9-19/h5-10H,3-4,11-18H2,1-2H3,(H,22,23). The third kappa shape index (κ3) is 7.18. The molecule has 1 aromatic rings. The first kappa shape index (κ1) is 20.5. The summed E-state index contributed by atoms with van der Waals surface area (Å²) in [4.78, 5) is 6.68. The van der Waals surface area contributed by atoms with Crippen LogP contribution in [0.2, 0.25) is 0 Å². The van der Waals surface area contributed by atoms with Crippen molar-refractivity contribution < 1.29 is 9.47 Å². The van der Waals surface area contributed by atoms with Crippen LogP contribution in [0, 0.1) is 0 Å². The Hall–Kier alpha value is -1.85. The lowest BCUT2D eigenvalue weighted by Crippen LogP contribution is -2.44. The Morgan fingerprint density at radius 2 is 1.88 bits per heavy atom. The number of rotatable bonds is 10. The van der Waals surface area contributed by atoms with E-state index in [1.165, 1.54) is 17.6 Å². The molecule has 0 radical (unpaired) electrons. The van der Waals surface area contributed by atoms with Crippen molar-refractivity contribution in [3.63, 3.8) is 0 Å². The summed E-state index contributed by atoms with van der Waals surface area (Å²) in [7, 11) is 1.83. The van der Waals surface area contributed by atoms with Crippen LogP contribution in [0.4, 0.5) is 0 Å². The van der Waals surface area contributed by atoms with Gasteiger partial charge in [0.1, 0.15) is 0 Å². The molecule has 144 valence electrons. The minimum absolute atomic E-state index is 0.650. The molecule has 0 saturated heterocycles. The van der Waals surface area contributed by atoms with Crippen LogP contribution in [-0.2, 0) is 9.47 Å². The third-order valence-electron chi connectivity index (χ3n) is 4.41. The second kappa shape index (κ2) is 12.5. The van der Waals surface area contributed by atoms with E-state index in [0.29, 0.717) is 19.8 Å². The maximum absolute atomic E-state index is 5.60. The Kier molecular flexibility index (Phi) is 9.83. The Labute approximate surface area is 158 Å². The van der Waals surface area contributed by atoms with Gasteiger partial charge in [-0.2, -0.15) is 0 Å². The van der Waals surface area contributed by atoms with Gasteiger partial charge in [0.05, 0.1) is 19.8 Å². The van der Waals surface area contributed by atoms with Gasteiger partial charge in [0, 0.05) is 33.3 Å². The highest BCUT2D eigenvalue weighted by Crippen LogP contribution is 2.21. The van der Waals surface area contributed by atoms with E-state index in [-0.39, 0.29) is 0 Å². The van der Waals surface area contributed by atoms with E-state index in [2.05, 4.69) is 58.5 Å². The molecule has 0 saturated carbocycles. The molecule has 0 amide bonds. The van der Waals surface area contributed by atoms with Gasteiger partial charge in [0.15, 0.2) is 5.96 Å². The molecule has 1 aromatic carbocycles. The molecule has 2 rings (SSSR count). The van der Waals surface area contributed by atoms with Crippen molar-refractivity contribution >= 4 is 11.5 Å². The van der Waals surface area contributed by atoms with Gasteiger partial charge in [-0.3, -0.25) is 4.99 Å². The summed E-state index contributed by atoms with van der Waals surface area (Å²) < 4.78 is 11.1. The van der Waals surface area contributed by atoms with Crippen LogP contribution < -0.4 is 5.32 Å². The van der Waals surface area contributed by atoms with Crippen LogP contribution in [0.5, 0.6) is 0 Å². The zero-order valence-corrected chi connectivity index (χ0v) is 16.2. The summed E-state index contributed by atoms with van der Waals surface area (Å²) in [5.41, 5.74) is 2.74. The number of ether oxygens (including phenoxy) is 2. The number of unbranched alkanes of at least 4 members (excludes halogenated alkanes) is 1. The SMILES string of the molecule is CCCCOCCOCCNC(=NC)N1CC=C(c2ccccc2)CC1. The minimum atomic E-state index is 0.650. The molecule has 26 heavy (non-hydrogen) atoms. The van der Waals surface area contributed by atoms with Crippen molar-refractivity contribution in [1.29, 1.82) is 0 Å². The maximum Gasteiger partial charge on any atom is 0.194 e. The fourth-order valence-electron chi connectivity index (χ4n) is 2.91. The molecule has 1 aliphatic rings. The number of hydrogen-bond acceptors (Lipinski definition) is 3. The smallest absolute Gasteiger partial charge is 0.194 e. The zero-order chi connectivity index (χ0) is 18.5. The third-order valence-corrected chi connectivity index (χ3v) is 4.41. The molecule has 0 bridgehead atoms. The molecule has 0 spiro atoms. The predicted molar refractivity (Wildman–Crippen MR) is 109 cm³/mol. The Morgan fingerprint density at radius 3 is 2.54 bits per heavy atom. The van der Waals surface area contributed by atoms with E-state index >= 15 is 0 Å². The molecule has 1 heterocycles. The largest absolute Gasteiger partial charge is 0.379 e. The first-order valence-electron chi connectivity index (χ1n) is 9.70. The fraction of sp³-hybridized carbons (Fsp3) is 0.571. The first-order chi connectivity index (χ1) is 12.8. The zero-order valence-electron chi connectivity index (χ0n) is 16.2. The summed E-state index contributed by atoms with van der Waals surface area (Å²) in [6.45, 7) is 7.60. The monoisotopic (exact) mass is 359 g/mol. The van der Waals surface area contributed by atoms with E-state index in [0.717, 1.165) is 45.0 Å². The van der Waals surface area contributed by atoms with Gasteiger partial charge in [-0.1, -0.05) is 49.8 Å². The van der Waals surface area contributed by atoms with E-state index in [4.69, 9.17) is 9.47 Å². The molecule has 5 nitrogen and oxygen atoms in total. The van der Waals surface area contributed by atoms with E-state index < -0.39 is 0 Å². The average molecular weight is 360 g/mol. The molecule has 1 aliphatic heterocycles. The normalized spacial score (nSPS) is 15.1. The molecular weight excluding hydrogens is 326 g/mol. The van der Waals surface area contributed by atoms with Crippen LogP contribution >= 0.6 is 0 Å². The summed E-state index contributed by atoms with van der Waals surface area (Å²) in [5.74, 6) is 0.941. The van der Waals surface area contributed by atoms with E-state index in [9.17, 15) is 0 Å². The number of guanidine groups is 1. The predicted octanol–water partition coefficient (Wildman–Crippen LogP) is 3.18. The molecule has 0 aromatic heterocycles. The fourth-order valence-corrected chi connectivity index (χ4v) is 2.91. The topological polar surface area (TPSA) is 46.1 Å². The van der Waals surface area contributed by atoms with Crippen molar-refractivity contribution in [2.24, 2.45) is 4.99 Å². The van der Waals surface area contributed by atoms with Crippen LogP contribution in [0.15, 0.2) is 41.4 Å². The molecule has 0 unspecified atom stereocenters. The van der Waals surface area contributed by atoms with Gasteiger partial charge in [-0.25, -0.2) is 0 Å². The highest BCUT2D eigenvalue weighted by molar-refractivity contribution is 5.81.